The number of aliphatic hydroxyl groups is 1. The fraction of sp³-hybridized carbons (Fsp3) is 0.571. The number of amides is 2. The van der Waals surface area contributed by atoms with Crippen LogP contribution in [0.15, 0.2) is 35.4 Å². The smallest absolute Gasteiger partial charge is 0.326 e. The van der Waals surface area contributed by atoms with E-state index in [1.165, 1.54) is 0 Å². The van der Waals surface area contributed by atoms with Gasteiger partial charge in [-0.15, -0.1) is 0 Å². The van der Waals surface area contributed by atoms with E-state index in [4.69, 9.17) is 5.53 Å². The number of hydrogen-bond acceptors (Lipinski definition) is 5. The third-order valence-corrected chi connectivity index (χ3v) is 5.24. The predicted octanol–water partition coefficient (Wildman–Crippen LogP) is 1.64. The van der Waals surface area contributed by atoms with Gasteiger partial charge in [0.1, 0.15) is 12.1 Å². The monoisotopic (exact) mass is 431 g/mol. The summed E-state index contributed by atoms with van der Waals surface area (Å²) in [5.41, 5.74) is 9.17. The first-order valence-corrected chi connectivity index (χ1v) is 10.3. The van der Waals surface area contributed by atoms with E-state index < -0.39 is 41.9 Å². The van der Waals surface area contributed by atoms with Crippen LogP contribution >= 0.6 is 0 Å². The Morgan fingerprint density at radius 1 is 1.19 bits per heavy atom. The van der Waals surface area contributed by atoms with Crippen LogP contribution in [0.3, 0.4) is 0 Å². The molecule has 0 unspecified atom stereocenters. The molecule has 0 spiro atoms. The van der Waals surface area contributed by atoms with Gasteiger partial charge in [-0.2, -0.15) is 0 Å². The second kappa shape index (κ2) is 11.3. The van der Waals surface area contributed by atoms with Crippen LogP contribution in [0.25, 0.3) is 10.4 Å². The first-order chi connectivity index (χ1) is 14.7. The molecule has 0 aromatic heterocycles. The van der Waals surface area contributed by atoms with Crippen LogP contribution < -0.4 is 10.6 Å². The van der Waals surface area contributed by atoms with Gasteiger partial charge in [-0.25, -0.2) is 4.79 Å². The summed E-state index contributed by atoms with van der Waals surface area (Å²) in [7, 11) is 0. The Balaban J connectivity index is 2.08. The van der Waals surface area contributed by atoms with Gasteiger partial charge in [-0.05, 0) is 35.8 Å². The molecule has 0 saturated heterocycles. The van der Waals surface area contributed by atoms with E-state index in [0.29, 0.717) is 6.42 Å². The van der Waals surface area contributed by atoms with Crippen LogP contribution in [-0.4, -0.2) is 52.7 Å². The van der Waals surface area contributed by atoms with E-state index in [1.54, 1.807) is 0 Å². The third kappa shape index (κ3) is 7.58. The van der Waals surface area contributed by atoms with Crippen molar-refractivity contribution >= 4 is 17.8 Å². The second-order valence-electron chi connectivity index (χ2n) is 8.27. The number of nitrogens with one attached hydrogen (secondary N) is 2. The molecule has 10 nitrogen and oxygen atoms in total. The van der Waals surface area contributed by atoms with Crippen molar-refractivity contribution in [1.29, 1.82) is 0 Å². The molecule has 2 rings (SSSR count). The molecule has 5 atom stereocenters. The number of carboxylic acid groups (broad SMARTS) is 1. The number of azide groups is 1. The maximum absolute atomic E-state index is 12.9. The fourth-order valence-corrected chi connectivity index (χ4v) is 3.50. The summed E-state index contributed by atoms with van der Waals surface area (Å²) in [6.45, 7) is 3.61. The quantitative estimate of drug-likeness (QED) is 0.224. The minimum Gasteiger partial charge on any atom is -0.480 e. The van der Waals surface area contributed by atoms with Crippen molar-refractivity contribution in [1.82, 2.24) is 10.6 Å². The largest absolute Gasteiger partial charge is 0.480 e. The zero-order valence-corrected chi connectivity index (χ0v) is 17.6. The highest BCUT2D eigenvalue weighted by molar-refractivity contribution is 5.92. The Hall–Kier alpha value is -3.10. The van der Waals surface area contributed by atoms with Crippen molar-refractivity contribution in [2.24, 2.45) is 22.9 Å². The number of carboxylic acids is 1. The van der Waals surface area contributed by atoms with Crippen LogP contribution in [0.4, 0.5) is 0 Å². The van der Waals surface area contributed by atoms with E-state index >= 15 is 0 Å². The lowest BCUT2D eigenvalue weighted by Gasteiger charge is -2.22. The Morgan fingerprint density at radius 2 is 1.87 bits per heavy atom. The summed E-state index contributed by atoms with van der Waals surface area (Å²) < 4.78 is 0. The first kappa shape index (κ1) is 24.2. The van der Waals surface area contributed by atoms with Gasteiger partial charge in [0, 0.05) is 17.3 Å². The third-order valence-electron chi connectivity index (χ3n) is 5.24. The summed E-state index contributed by atoms with van der Waals surface area (Å²) in [5, 5.41) is 28.0. The Labute approximate surface area is 180 Å². The average Bonchev–Trinajstić information content (AvgIpc) is 3.52. The van der Waals surface area contributed by atoms with Crippen LogP contribution in [-0.2, 0) is 20.8 Å². The molecule has 1 aliphatic rings. The van der Waals surface area contributed by atoms with E-state index in [0.717, 1.165) is 5.56 Å². The van der Waals surface area contributed by atoms with Gasteiger partial charge in [0.25, 0.3) is 0 Å². The molecule has 4 N–H and O–H groups in total. The Kier molecular flexibility index (Phi) is 8.84. The summed E-state index contributed by atoms with van der Waals surface area (Å²) in [5.74, 6) is -2.85. The van der Waals surface area contributed by atoms with Crippen LogP contribution in [0.2, 0.25) is 0 Å². The predicted molar refractivity (Wildman–Crippen MR) is 113 cm³/mol. The standard InChI is InChI=1S/C21H29N5O5/c1-12(2)8-17(21(30)31)25-20(29)16(9-13-6-4-3-5-7-13)24-19(28)15-10-14(15)18(27)11-23-26-22/h3-7,12,14-18,27H,8-11H2,1-2H3,(H,24,28)(H,25,29)(H,30,31)/t14-,15+,16+,17+,18+/m1/s1. The molecule has 31 heavy (non-hydrogen) atoms. The number of aliphatic hydroxyl groups excluding tert-OH is 1. The van der Waals surface area contributed by atoms with Crippen molar-refractivity contribution in [3.63, 3.8) is 0 Å². The lowest BCUT2D eigenvalue weighted by atomic mass is 10.0. The number of carbonyl (C=O) groups is 3. The van der Waals surface area contributed by atoms with Gasteiger partial charge in [0.2, 0.25) is 11.8 Å². The van der Waals surface area contributed by atoms with Gasteiger partial charge < -0.3 is 20.8 Å². The number of rotatable bonds is 12. The van der Waals surface area contributed by atoms with Crippen LogP contribution in [0, 0.1) is 17.8 Å². The number of hydrogen-bond donors (Lipinski definition) is 4. The highest BCUT2D eigenvalue weighted by Crippen LogP contribution is 2.41. The molecule has 1 saturated carbocycles. The van der Waals surface area contributed by atoms with Crippen molar-refractivity contribution < 1.29 is 24.6 Å². The van der Waals surface area contributed by atoms with E-state index in [-0.39, 0.29) is 31.2 Å². The van der Waals surface area contributed by atoms with Gasteiger partial charge in [0.15, 0.2) is 0 Å². The number of aliphatic carboxylic acids is 1. The van der Waals surface area contributed by atoms with Gasteiger partial charge in [-0.1, -0.05) is 49.3 Å². The highest BCUT2D eigenvalue weighted by atomic mass is 16.4. The minimum absolute atomic E-state index is 0.0633. The molecule has 168 valence electrons. The molecule has 0 aliphatic heterocycles. The maximum Gasteiger partial charge on any atom is 0.326 e. The van der Waals surface area contributed by atoms with Gasteiger partial charge in [0.05, 0.1) is 12.6 Å². The summed E-state index contributed by atoms with van der Waals surface area (Å²) in [4.78, 5) is 39.7. The molecule has 1 aromatic rings. The lowest BCUT2D eigenvalue weighted by molar-refractivity contribution is -0.142. The van der Waals surface area contributed by atoms with Crippen LogP contribution in [0.1, 0.15) is 32.3 Å². The molecular weight excluding hydrogens is 402 g/mol. The number of benzene rings is 1. The molecule has 1 aromatic carbocycles. The average molecular weight is 431 g/mol. The fourth-order valence-electron chi connectivity index (χ4n) is 3.50. The zero-order chi connectivity index (χ0) is 23.0. The molecule has 0 heterocycles. The first-order valence-electron chi connectivity index (χ1n) is 10.3. The summed E-state index contributed by atoms with van der Waals surface area (Å²) in [6, 6.07) is 7.08. The maximum atomic E-state index is 12.9. The molecular formula is C21H29N5O5. The van der Waals surface area contributed by atoms with Gasteiger partial charge in [-0.3, -0.25) is 9.59 Å². The Morgan fingerprint density at radius 3 is 2.45 bits per heavy atom. The molecule has 10 heteroatoms. The molecule has 0 radical (unpaired) electrons. The Bertz CT molecular complexity index is 825. The minimum atomic E-state index is -1.13. The molecule has 0 bridgehead atoms. The van der Waals surface area contributed by atoms with Crippen molar-refractivity contribution in [3.05, 3.63) is 46.3 Å². The molecule has 1 fully saturated rings. The number of carbonyl (C=O) groups excluding carboxylic acids is 2. The summed E-state index contributed by atoms with van der Waals surface area (Å²) in [6.07, 6.45) is -0.0248. The second-order valence-corrected chi connectivity index (χ2v) is 8.27. The van der Waals surface area contributed by atoms with Crippen molar-refractivity contribution in [3.8, 4) is 0 Å². The van der Waals surface area contributed by atoms with Gasteiger partial charge >= 0.3 is 5.97 Å². The normalized spacial score (nSPS) is 20.1. The van der Waals surface area contributed by atoms with Crippen molar-refractivity contribution in [2.75, 3.05) is 6.54 Å². The van der Waals surface area contributed by atoms with Crippen molar-refractivity contribution in [2.45, 2.75) is 51.3 Å². The van der Waals surface area contributed by atoms with E-state index in [1.807, 2.05) is 44.2 Å². The number of nitrogens with zero attached hydrogens (tertiary/aromatic N) is 3. The van der Waals surface area contributed by atoms with E-state index in [9.17, 15) is 24.6 Å². The molecule has 1 aliphatic carbocycles. The topological polar surface area (TPSA) is 164 Å². The van der Waals surface area contributed by atoms with Crippen LogP contribution in [0.5, 0.6) is 0 Å². The van der Waals surface area contributed by atoms with E-state index in [2.05, 4.69) is 20.7 Å². The highest BCUT2D eigenvalue weighted by Gasteiger charge is 2.47. The summed E-state index contributed by atoms with van der Waals surface area (Å²) >= 11 is 0. The zero-order valence-electron chi connectivity index (χ0n) is 17.6. The SMILES string of the molecule is CC(C)C[C@H](NC(=O)[C@H](Cc1ccccc1)NC(=O)[C@H]1C[C@H]1[C@@H](O)CN=[N+]=[N-])C(=O)O. The molecule has 2 amide bonds. The lowest BCUT2D eigenvalue weighted by Crippen LogP contribution is -2.53.